The van der Waals surface area contributed by atoms with Gasteiger partial charge in [0.2, 0.25) is 15.9 Å². The van der Waals surface area contributed by atoms with Crippen LogP contribution >= 0.6 is 0 Å². The Morgan fingerprint density at radius 1 is 1.03 bits per heavy atom. The zero-order chi connectivity index (χ0) is 24.1. The number of amides is 1. The summed E-state index contributed by atoms with van der Waals surface area (Å²) in [5, 5.41) is 2.94. The number of hydrogen-bond donors (Lipinski definition) is 1. The number of anilines is 1. The summed E-state index contributed by atoms with van der Waals surface area (Å²) in [5.41, 5.74) is 2.59. The summed E-state index contributed by atoms with van der Waals surface area (Å²) in [6, 6.07) is 12.1. The van der Waals surface area contributed by atoms with Crippen LogP contribution in [0.15, 0.2) is 42.5 Å². The lowest BCUT2D eigenvalue weighted by atomic mass is 10.0. The maximum Gasteiger partial charge on any atom is 0.243 e. The maximum absolute atomic E-state index is 13.1. The molecule has 1 fully saturated rings. The van der Waals surface area contributed by atoms with Crippen molar-refractivity contribution in [2.45, 2.75) is 45.3 Å². The van der Waals surface area contributed by atoms with Crippen molar-refractivity contribution in [2.75, 3.05) is 36.9 Å². The molecule has 0 unspecified atom stereocenters. The standard InChI is InChI=1S/C25H33N3O5S/c1-19(28(34(2,30)31)22-10-11-23-24(16-22)33-15-14-32-23)25(29)26-17-20-8-4-5-9-21(20)18-27-12-6-3-7-13-27/h4-5,8-11,16,19H,3,6-7,12-15,17-18H2,1-2H3,(H,26,29)/t19-/m1/s1. The topological polar surface area (TPSA) is 88.2 Å². The molecule has 0 saturated carbocycles. The zero-order valence-electron chi connectivity index (χ0n) is 19.8. The second kappa shape index (κ2) is 10.7. The Labute approximate surface area is 201 Å². The molecule has 1 amide bonds. The Bertz CT molecular complexity index is 1120. The Kier molecular flexibility index (Phi) is 7.63. The lowest BCUT2D eigenvalue weighted by Gasteiger charge is -2.30. The highest BCUT2D eigenvalue weighted by Gasteiger charge is 2.30. The van der Waals surface area contributed by atoms with Gasteiger partial charge in [-0.3, -0.25) is 14.0 Å². The molecule has 8 nitrogen and oxygen atoms in total. The van der Waals surface area contributed by atoms with Crippen molar-refractivity contribution in [3.63, 3.8) is 0 Å². The van der Waals surface area contributed by atoms with Crippen LogP contribution in [0.25, 0.3) is 0 Å². The Hall–Kier alpha value is -2.78. The lowest BCUT2D eigenvalue weighted by molar-refractivity contribution is -0.122. The summed E-state index contributed by atoms with van der Waals surface area (Å²) in [6.07, 6.45) is 4.82. The first-order valence-electron chi connectivity index (χ1n) is 11.8. The van der Waals surface area contributed by atoms with Crippen LogP contribution in [0.2, 0.25) is 0 Å². The number of hydrogen-bond acceptors (Lipinski definition) is 6. The summed E-state index contributed by atoms with van der Waals surface area (Å²) < 4.78 is 37.6. The van der Waals surface area contributed by atoms with Crippen LogP contribution in [0.1, 0.15) is 37.3 Å². The van der Waals surface area contributed by atoms with Crippen molar-refractivity contribution in [2.24, 2.45) is 0 Å². The number of piperidine rings is 1. The Morgan fingerprint density at radius 2 is 1.71 bits per heavy atom. The van der Waals surface area contributed by atoms with E-state index in [1.165, 1.54) is 24.8 Å². The molecular formula is C25H33N3O5S. The molecule has 0 radical (unpaired) electrons. The van der Waals surface area contributed by atoms with Gasteiger partial charge in [0, 0.05) is 19.2 Å². The van der Waals surface area contributed by atoms with Crippen LogP contribution in [-0.2, 0) is 27.9 Å². The minimum atomic E-state index is -3.73. The minimum Gasteiger partial charge on any atom is -0.486 e. The van der Waals surface area contributed by atoms with E-state index in [0.29, 0.717) is 36.9 Å². The molecule has 2 aromatic carbocycles. The van der Waals surface area contributed by atoms with Gasteiger partial charge < -0.3 is 14.8 Å². The van der Waals surface area contributed by atoms with Crippen LogP contribution < -0.4 is 19.1 Å². The fourth-order valence-electron chi connectivity index (χ4n) is 4.55. The predicted molar refractivity (Wildman–Crippen MR) is 132 cm³/mol. The maximum atomic E-state index is 13.1. The van der Waals surface area contributed by atoms with Crippen molar-refractivity contribution in [3.05, 3.63) is 53.6 Å². The van der Waals surface area contributed by atoms with Crippen molar-refractivity contribution < 1.29 is 22.7 Å². The number of nitrogens with zero attached hydrogens (tertiary/aromatic N) is 2. The lowest BCUT2D eigenvalue weighted by Crippen LogP contribution is -2.47. The fraction of sp³-hybridized carbons (Fsp3) is 0.480. The number of rotatable bonds is 8. The summed E-state index contributed by atoms with van der Waals surface area (Å²) in [7, 11) is -3.73. The molecule has 0 aliphatic carbocycles. The number of nitrogens with one attached hydrogen (secondary N) is 1. The molecule has 1 N–H and O–H groups in total. The van der Waals surface area contributed by atoms with E-state index < -0.39 is 16.1 Å². The number of carbonyl (C=O) groups is 1. The van der Waals surface area contributed by atoms with E-state index in [2.05, 4.69) is 16.3 Å². The van der Waals surface area contributed by atoms with Crippen LogP contribution in [-0.4, -0.2) is 57.8 Å². The third kappa shape index (κ3) is 5.82. The molecule has 1 atom stereocenters. The first kappa shape index (κ1) is 24.3. The smallest absolute Gasteiger partial charge is 0.243 e. The van der Waals surface area contributed by atoms with Gasteiger partial charge in [-0.2, -0.15) is 0 Å². The average molecular weight is 488 g/mol. The second-order valence-corrected chi connectivity index (χ2v) is 10.7. The van der Waals surface area contributed by atoms with Crippen molar-refractivity contribution in [3.8, 4) is 11.5 Å². The molecule has 0 bridgehead atoms. The van der Waals surface area contributed by atoms with Crippen molar-refractivity contribution in [1.82, 2.24) is 10.2 Å². The van der Waals surface area contributed by atoms with Gasteiger partial charge in [0.05, 0.1) is 11.9 Å². The summed E-state index contributed by atoms with van der Waals surface area (Å²) >= 11 is 0. The molecule has 0 aromatic heterocycles. The largest absolute Gasteiger partial charge is 0.486 e. The molecule has 184 valence electrons. The first-order valence-corrected chi connectivity index (χ1v) is 13.6. The molecule has 2 aliphatic heterocycles. The fourth-order valence-corrected chi connectivity index (χ4v) is 5.72. The molecule has 4 rings (SSSR count). The molecule has 34 heavy (non-hydrogen) atoms. The average Bonchev–Trinajstić information content (AvgIpc) is 2.83. The first-order chi connectivity index (χ1) is 16.3. The van der Waals surface area contributed by atoms with Gasteiger partial charge >= 0.3 is 0 Å². The highest BCUT2D eigenvalue weighted by molar-refractivity contribution is 7.92. The van der Waals surface area contributed by atoms with E-state index in [1.807, 2.05) is 18.2 Å². The highest BCUT2D eigenvalue weighted by Crippen LogP contribution is 2.35. The van der Waals surface area contributed by atoms with Crippen molar-refractivity contribution in [1.29, 1.82) is 0 Å². The van der Waals surface area contributed by atoms with Gasteiger partial charge in [-0.05, 0) is 56.1 Å². The minimum absolute atomic E-state index is 0.339. The zero-order valence-corrected chi connectivity index (χ0v) is 20.6. The number of ether oxygens (including phenoxy) is 2. The van der Waals surface area contributed by atoms with E-state index in [4.69, 9.17) is 9.47 Å². The third-order valence-corrected chi connectivity index (χ3v) is 7.52. The van der Waals surface area contributed by atoms with Gasteiger partial charge in [0.1, 0.15) is 19.3 Å². The molecule has 0 spiro atoms. The number of benzene rings is 2. The third-order valence-electron chi connectivity index (χ3n) is 6.28. The van der Waals surface area contributed by atoms with E-state index in [0.717, 1.165) is 35.8 Å². The highest BCUT2D eigenvalue weighted by atomic mass is 32.2. The van der Waals surface area contributed by atoms with Crippen LogP contribution in [0.3, 0.4) is 0 Å². The van der Waals surface area contributed by atoms with E-state index in [9.17, 15) is 13.2 Å². The van der Waals surface area contributed by atoms with Crippen LogP contribution in [0.4, 0.5) is 5.69 Å². The van der Waals surface area contributed by atoms with Gasteiger partial charge in [-0.1, -0.05) is 30.7 Å². The number of carbonyl (C=O) groups excluding carboxylic acids is 1. The normalized spacial score (nSPS) is 17.1. The van der Waals surface area contributed by atoms with Crippen LogP contribution in [0.5, 0.6) is 11.5 Å². The number of fused-ring (bicyclic) bond motifs is 1. The van der Waals surface area contributed by atoms with Crippen molar-refractivity contribution >= 4 is 21.6 Å². The molecule has 1 saturated heterocycles. The van der Waals surface area contributed by atoms with Gasteiger partial charge in [0.15, 0.2) is 11.5 Å². The van der Waals surface area contributed by atoms with Crippen LogP contribution in [0, 0.1) is 0 Å². The molecule has 2 heterocycles. The molecule has 9 heteroatoms. The summed E-state index contributed by atoms with van der Waals surface area (Å²) in [5.74, 6) is 0.663. The monoisotopic (exact) mass is 487 g/mol. The van der Waals surface area contributed by atoms with E-state index in [-0.39, 0.29) is 5.91 Å². The van der Waals surface area contributed by atoms with E-state index >= 15 is 0 Å². The van der Waals surface area contributed by atoms with Gasteiger partial charge in [-0.15, -0.1) is 0 Å². The summed E-state index contributed by atoms with van der Waals surface area (Å²) in [4.78, 5) is 15.5. The number of sulfonamides is 1. The second-order valence-electron chi connectivity index (χ2n) is 8.89. The van der Waals surface area contributed by atoms with Gasteiger partial charge in [0.25, 0.3) is 0 Å². The van der Waals surface area contributed by atoms with E-state index in [1.54, 1.807) is 25.1 Å². The quantitative estimate of drug-likeness (QED) is 0.616. The Morgan fingerprint density at radius 3 is 2.41 bits per heavy atom. The molecule has 2 aliphatic rings. The summed E-state index contributed by atoms with van der Waals surface area (Å²) in [6.45, 7) is 5.81. The SMILES string of the molecule is C[C@H](C(=O)NCc1ccccc1CN1CCCCC1)N(c1ccc2c(c1)OCCO2)S(C)(=O)=O. The Balaban J connectivity index is 1.47. The van der Waals surface area contributed by atoms with Gasteiger partial charge in [-0.25, -0.2) is 8.42 Å². The number of likely N-dealkylation sites (tertiary alicyclic amines) is 1. The molecule has 2 aromatic rings. The predicted octanol–water partition coefficient (Wildman–Crippen LogP) is 2.91. The molecular weight excluding hydrogens is 454 g/mol.